The van der Waals surface area contributed by atoms with Crippen molar-refractivity contribution in [3.8, 4) is 0 Å². The van der Waals surface area contributed by atoms with E-state index in [9.17, 15) is 4.79 Å². The summed E-state index contributed by atoms with van der Waals surface area (Å²) in [7, 11) is 0. The van der Waals surface area contributed by atoms with E-state index in [1.54, 1.807) is 0 Å². The lowest BCUT2D eigenvalue weighted by atomic mass is 9.68. The van der Waals surface area contributed by atoms with Gasteiger partial charge in [-0.25, -0.2) is 0 Å². The Hall–Kier alpha value is -0.570. The second-order valence-corrected chi connectivity index (χ2v) is 8.55. The van der Waals surface area contributed by atoms with E-state index in [0.29, 0.717) is 17.4 Å². The molecule has 3 nitrogen and oxygen atoms in total. The molecule has 2 N–H and O–H groups in total. The summed E-state index contributed by atoms with van der Waals surface area (Å²) in [6, 6.07) is 0.360. The molecule has 114 valence electrons. The highest BCUT2D eigenvalue weighted by Crippen LogP contribution is 2.62. The van der Waals surface area contributed by atoms with E-state index in [-0.39, 0.29) is 17.2 Å². The van der Waals surface area contributed by atoms with E-state index < -0.39 is 0 Å². The topological polar surface area (TPSA) is 41.1 Å². The number of carbonyl (C=O) groups is 1. The van der Waals surface area contributed by atoms with Gasteiger partial charge < -0.3 is 10.6 Å². The molecule has 2 aliphatic carbocycles. The Balaban J connectivity index is 1.69. The largest absolute Gasteiger partial charge is 0.352 e. The Morgan fingerprint density at radius 3 is 2.60 bits per heavy atom. The summed E-state index contributed by atoms with van der Waals surface area (Å²) in [5, 5.41) is 6.85. The maximum absolute atomic E-state index is 12.7. The molecule has 5 atom stereocenters. The van der Waals surface area contributed by atoms with Crippen LogP contribution in [0.3, 0.4) is 0 Å². The van der Waals surface area contributed by atoms with Crippen molar-refractivity contribution in [3.63, 3.8) is 0 Å². The van der Waals surface area contributed by atoms with Crippen LogP contribution in [0.1, 0.15) is 53.4 Å². The molecular weight excluding hydrogens is 248 g/mol. The summed E-state index contributed by atoms with van der Waals surface area (Å²) < 4.78 is 0. The van der Waals surface area contributed by atoms with E-state index in [2.05, 4.69) is 38.3 Å². The van der Waals surface area contributed by atoms with Crippen molar-refractivity contribution in [3.05, 3.63) is 0 Å². The van der Waals surface area contributed by atoms with Gasteiger partial charge in [0.05, 0.1) is 5.92 Å². The Bertz CT molecular complexity index is 401. The highest BCUT2D eigenvalue weighted by molar-refractivity contribution is 5.79. The van der Waals surface area contributed by atoms with Crippen molar-refractivity contribution in [1.82, 2.24) is 10.6 Å². The maximum Gasteiger partial charge on any atom is 0.224 e. The van der Waals surface area contributed by atoms with E-state index in [4.69, 9.17) is 0 Å². The summed E-state index contributed by atoms with van der Waals surface area (Å²) >= 11 is 0. The van der Waals surface area contributed by atoms with Gasteiger partial charge in [0.1, 0.15) is 0 Å². The van der Waals surface area contributed by atoms with Gasteiger partial charge in [-0.05, 0) is 54.9 Å². The molecule has 0 aromatic heterocycles. The molecule has 1 saturated heterocycles. The second-order valence-electron chi connectivity index (χ2n) is 8.55. The van der Waals surface area contributed by atoms with Gasteiger partial charge in [-0.2, -0.15) is 0 Å². The summed E-state index contributed by atoms with van der Waals surface area (Å²) in [5.41, 5.74) is 0.591. The predicted molar refractivity (Wildman–Crippen MR) is 81.3 cm³/mol. The van der Waals surface area contributed by atoms with Crippen molar-refractivity contribution in [2.45, 2.75) is 59.4 Å². The molecule has 2 bridgehead atoms. The molecule has 3 rings (SSSR count). The van der Waals surface area contributed by atoms with Crippen LogP contribution in [-0.2, 0) is 4.79 Å². The lowest BCUT2D eigenvalue weighted by Crippen LogP contribution is -2.55. The van der Waals surface area contributed by atoms with E-state index in [1.807, 2.05) is 0 Å². The quantitative estimate of drug-likeness (QED) is 0.815. The van der Waals surface area contributed by atoms with Crippen molar-refractivity contribution >= 4 is 5.91 Å². The summed E-state index contributed by atoms with van der Waals surface area (Å²) in [5.74, 6) is 1.86. The number of nitrogens with one attached hydrogen (secondary N) is 2. The Kier molecular flexibility index (Phi) is 3.39. The predicted octanol–water partition coefficient (Wildman–Crippen LogP) is 2.56. The minimum Gasteiger partial charge on any atom is -0.352 e. The minimum absolute atomic E-state index is 0.164. The molecule has 3 fully saturated rings. The molecule has 3 aliphatic rings. The van der Waals surface area contributed by atoms with Gasteiger partial charge in [0.2, 0.25) is 5.91 Å². The monoisotopic (exact) mass is 278 g/mol. The zero-order valence-corrected chi connectivity index (χ0v) is 13.5. The van der Waals surface area contributed by atoms with Crippen LogP contribution in [0, 0.1) is 28.6 Å². The van der Waals surface area contributed by atoms with Gasteiger partial charge in [-0.15, -0.1) is 0 Å². The lowest BCUT2D eigenvalue weighted by Gasteiger charge is -2.44. The first-order valence-corrected chi connectivity index (χ1v) is 8.34. The molecule has 0 radical (unpaired) electrons. The number of rotatable bonds is 2. The normalized spacial score (nSPS) is 46.4. The average Bonchev–Trinajstić information content (AvgIpc) is 2.85. The molecule has 5 unspecified atom stereocenters. The first-order chi connectivity index (χ1) is 9.33. The third kappa shape index (κ3) is 2.18. The summed E-state index contributed by atoms with van der Waals surface area (Å²) in [6.45, 7) is 11.2. The van der Waals surface area contributed by atoms with Crippen LogP contribution in [0.5, 0.6) is 0 Å². The Morgan fingerprint density at radius 2 is 2.00 bits per heavy atom. The number of piperidine rings is 1. The smallest absolute Gasteiger partial charge is 0.224 e. The molecule has 0 aromatic rings. The number of fused-ring (bicyclic) bond motifs is 2. The van der Waals surface area contributed by atoms with Crippen molar-refractivity contribution < 1.29 is 4.79 Å². The van der Waals surface area contributed by atoms with E-state index >= 15 is 0 Å². The van der Waals surface area contributed by atoms with Crippen LogP contribution in [0.25, 0.3) is 0 Å². The molecule has 1 amide bonds. The SMILES string of the molecule is CC1CNCC(C(=O)NC2C3(C)CCC(C3)C2(C)C)C1. The number of carbonyl (C=O) groups excluding carboxylic acids is 1. The first kappa shape index (κ1) is 14.4. The van der Waals surface area contributed by atoms with Crippen LogP contribution in [0.15, 0.2) is 0 Å². The highest BCUT2D eigenvalue weighted by atomic mass is 16.2. The average molecular weight is 278 g/mol. The second kappa shape index (κ2) is 4.72. The fraction of sp³-hybridized carbons (Fsp3) is 0.941. The van der Waals surface area contributed by atoms with Gasteiger partial charge in [0.25, 0.3) is 0 Å². The first-order valence-electron chi connectivity index (χ1n) is 8.34. The molecule has 0 aromatic carbocycles. The zero-order valence-electron chi connectivity index (χ0n) is 13.5. The Labute approximate surface area is 123 Å². The van der Waals surface area contributed by atoms with Gasteiger partial charge in [0.15, 0.2) is 0 Å². The zero-order chi connectivity index (χ0) is 14.5. The fourth-order valence-electron chi connectivity index (χ4n) is 5.28. The molecule has 3 heteroatoms. The highest BCUT2D eigenvalue weighted by Gasteiger charge is 2.59. The van der Waals surface area contributed by atoms with Gasteiger partial charge in [-0.1, -0.05) is 27.7 Å². The number of amides is 1. The van der Waals surface area contributed by atoms with Crippen LogP contribution in [0.2, 0.25) is 0 Å². The van der Waals surface area contributed by atoms with Gasteiger partial charge >= 0.3 is 0 Å². The van der Waals surface area contributed by atoms with Gasteiger partial charge in [-0.3, -0.25) is 4.79 Å². The van der Waals surface area contributed by atoms with E-state index in [0.717, 1.165) is 25.4 Å². The molecule has 2 saturated carbocycles. The molecule has 1 heterocycles. The lowest BCUT2D eigenvalue weighted by molar-refractivity contribution is -0.128. The van der Waals surface area contributed by atoms with Crippen molar-refractivity contribution in [1.29, 1.82) is 0 Å². The van der Waals surface area contributed by atoms with Crippen molar-refractivity contribution in [2.24, 2.45) is 28.6 Å². The van der Waals surface area contributed by atoms with Crippen molar-refractivity contribution in [2.75, 3.05) is 13.1 Å². The summed E-state index contributed by atoms with van der Waals surface area (Å²) in [6.07, 6.45) is 4.96. The molecule has 1 aliphatic heterocycles. The maximum atomic E-state index is 12.7. The third-order valence-corrected chi connectivity index (χ3v) is 6.50. The summed E-state index contributed by atoms with van der Waals surface area (Å²) in [4.78, 5) is 12.7. The fourth-order valence-corrected chi connectivity index (χ4v) is 5.28. The standard InChI is InChI=1S/C17H30N2O/c1-11-7-12(10-18-9-11)14(20)19-15-16(2,3)13-5-6-17(15,4)8-13/h11-13,15,18H,5-10H2,1-4H3,(H,19,20). The third-order valence-electron chi connectivity index (χ3n) is 6.50. The van der Waals surface area contributed by atoms with Crippen LogP contribution < -0.4 is 10.6 Å². The molecule has 20 heavy (non-hydrogen) atoms. The van der Waals surface area contributed by atoms with Crippen LogP contribution in [-0.4, -0.2) is 25.0 Å². The van der Waals surface area contributed by atoms with E-state index in [1.165, 1.54) is 19.3 Å². The molecule has 0 spiro atoms. The van der Waals surface area contributed by atoms with Crippen LogP contribution >= 0.6 is 0 Å². The minimum atomic E-state index is 0.164. The van der Waals surface area contributed by atoms with Gasteiger partial charge in [0, 0.05) is 12.6 Å². The number of hydrogen-bond donors (Lipinski definition) is 2. The van der Waals surface area contributed by atoms with Crippen LogP contribution in [0.4, 0.5) is 0 Å². The Morgan fingerprint density at radius 1 is 1.25 bits per heavy atom. The number of hydrogen-bond acceptors (Lipinski definition) is 2. The molecular formula is C17H30N2O.